The van der Waals surface area contributed by atoms with Gasteiger partial charge >= 0.3 is 0 Å². The number of rotatable bonds is 7. The largest absolute Gasteiger partial charge is 0.475 e. The molecule has 2 aromatic rings. The Morgan fingerprint density at radius 3 is 2.71 bits per heavy atom. The van der Waals surface area contributed by atoms with Crippen molar-refractivity contribution in [2.45, 2.75) is 33.4 Å². The number of anilines is 2. The summed E-state index contributed by atoms with van der Waals surface area (Å²) < 4.78 is 23.8. The lowest BCUT2D eigenvalue weighted by molar-refractivity contribution is -0.115. The molecule has 34 heavy (non-hydrogen) atoms. The molecule has 0 aliphatic carbocycles. The van der Waals surface area contributed by atoms with Crippen LogP contribution < -0.4 is 15.0 Å². The van der Waals surface area contributed by atoms with E-state index in [0.29, 0.717) is 36.9 Å². The standard InChI is InChI=1S/C23H27FN6O4/c1-23(2,3)16-11-20-29(13-18(31)26-17-7-5-14(24)12-25-17)21-15(22(32)30(20)28-16)6-8-19(27-21)34-10-9-33-4/h5-8,12,20H,9-11,13H2,1-4H3,(H,25,26,31). The van der Waals surface area contributed by atoms with Gasteiger partial charge in [0.25, 0.3) is 5.91 Å². The highest BCUT2D eigenvalue weighted by molar-refractivity contribution is 6.05. The molecule has 4 heterocycles. The molecule has 0 fully saturated rings. The molecular weight excluding hydrogens is 443 g/mol. The van der Waals surface area contributed by atoms with E-state index in [-0.39, 0.29) is 23.7 Å². The van der Waals surface area contributed by atoms with Crippen molar-refractivity contribution in [2.75, 3.05) is 37.1 Å². The number of pyridine rings is 2. The van der Waals surface area contributed by atoms with Gasteiger partial charge in [-0.25, -0.2) is 14.4 Å². The molecule has 10 nitrogen and oxygen atoms in total. The van der Waals surface area contributed by atoms with E-state index in [4.69, 9.17) is 9.47 Å². The number of hydrogen-bond donors (Lipinski definition) is 1. The molecule has 1 unspecified atom stereocenters. The Bertz CT molecular complexity index is 1120. The van der Waals surface area contributed by atoms with Crippen molar-refractivity contribution < 1.29 is 23.5 Å². The van der Waals surface area contributed by atoms with Crippen LogP contribution in [0.1, 0.15) is 37.6 Å². The van der Waals surface area contributed by atoms with E-state index in [1.54, 1.807) is 24.1 Å². The summed E-state index contributed by atoms with van der Waals surface area (Å²) in [5, 5.41) is 8.67. The minimum absolute atomic E-state index is 0.123. The molecule has 4 rings (SSSR count). The summed E-state index contributed by atoms with van der Waals surface area (Å²) >= 11 is 0. The van der Waals surface area contributed by atoms with Gasteiger partial charge in [-0.2, -0.15) is 10.1 Å². The summed E-state index contributed by atoms with van der Waals surface area (Å²) in [4.78, 5) is 36.3. The highest BCUT2D eigenvalue weighted by atomic mass is 19.1. The van der Waals surface area contributed by atoms with Crippen LogP contribution in [-0.2, 0) is 9.53 Å². The molecule has 2 aromatic heterocycles. The average Bonchev–Trinajstić information content (AvgIpc) is 3.25. The van der Waals surface area contributed by atoms with Crippen molar-refractivity contribution in [3.8, 4) is 5.88 Å². The van der Waals surface area contributed by atoms with Gasteiger partial charge in [-0.05, 0) is 18.2 Å². The third-order valence-corrected chi connectivity index (χ3v) is 5.52. The third-order valence-electron chi connectivity index (χ3n) is 5.52. The first-order valence-electron chi connectivity index (χ1n) is 10.9. The molecular formula is C23H27FN6O4. The number of nitrogens with one attached hydrogen (secondary N) is 1. The summed E-state index contributed by atoms with van der Waals surface area (Å²) in [7, 11) is 1.57. The van der Waals surface area contributed by atoms with Crippen molar-refractivity contribution in [3.63, 3.8) is 0 Å². The Kier molecular flexibility index (Phi) is 6.47. The molecule has 2 aliphatic heterocycles. The fraction of sp³-hybridized carbons (Fsp3) is 0.435. The molecule has 0 saturated heterocycles. The number of fused-ring (bicyclic) bond motifs is 2. The summed E-state index contributed by atoms with van der Waals surface area (Å²) in [6.07, 6.45) is 0.980. The fourth-order valence-corrected chi connectivity index (χ4v) is 3.73. The molecule has 2 aliphatic rings. The summed E-state index contributed by atoms with van der Waals surface area (Å²) in [6.45, 7) is 6.63. The lowest BCUT2D eigenvalue weighted by Gasteiger charge is -2.39. The van der Waals surface area contributed by atoms with Crippen molar-refractivity contribution in [2.24, 2.45) is 10.5 Å². The van der Waals surface area contributed by atoms with E-state index in [0.717, 1.165) is 11.9 Å². The summed E-state index contributed by atoms with van der Waals surface area (Å²) in [6, 6.07) is 5.83. The minimum atomic E-state index is -0.511. The molecule has 0 radical (unpaired) electrons. The predicted molar refractivity (Wildman–Crippen MR) is 123 cm³/mol. The number of methoxy groups -OCH3 is 1. The van der Waals surface area contributed by atoms with Crippen LogP contribution in [0, 0.1) is 11.2 Å². The van der Waals surface area contributed by atoms with Crippen molar-refractivity contribution >= 4 is 29.2 Å². The maximum absolute atomic E-state index is 13.2. The Hall–Kier alpha value is -3.60. The first kappa shape index (κ1) is 23.6. The highest BCUT2D eigenvalue weighted by Gasteiger charge is 2.45. The first-order chi connectivity index (χ1) is 16.2. The van der Waals surface area contributed by atoms with Gasteiger partial charge < -0.3 is 19.7 Å². The third kappa shape index (κ3) is 4.84. The fourth-order valence-electron chi connectivity index (χ4n) is 3.73. The zero-order chi connectivity index (χ0) is 24.5. The smallest absolute Gasteiger partial charge is 0.279 e. The zero-order valence-corrected chi connectivity index (χ0v) is 19.5. The number of ether oxygens (including phenoxy) is 2. The van der Waals surface area contributed by atoms with Crippen LogP contribution in [0.15, 0.2) is 35.6 Å². The number of halogens is 1. The number of amides is 2. The van der Waals surface area contributed by atoms with E-state index < -0.39 is 17.9 Å². The van der Waals surface area contributed by atoms with Gasteiger partial charge in [0.1, 0.15) is 36.8 Å². The second kappa shape index (κ2) is 9.34. The number of carbonyl (C=O) groups excluding carboxylic acids is 2. The normalized spacial score (nSPS) is 17.3. The summed E-state index contributed by atoms with van der Waals surface area (Å²) in [5.74, 6) is -0.297. The van der Waals surface area contributed by atoms with Gasteiger partial charge in [0, 0.05) is 30.7 Å². The maximum Gasteiger partial charge on any atom is 0.279 e. The number of hydrogen-bond acceptors (Lipinski definition) is 8. The van der Waals surface area contributed by atoms with E-state index in [1.165, 1.54) is 17.1 Å². The van der Waals surface area contributed by atoms with Crippen LogP contribution in [0.5, 0.6) is 5.88 Å². The Morgan fingerprint density at radius 1 is 1.24 bits per heavy atom. The van der Waals surface area contributed by atoms with Crippen LogP contribution in [0.2, 0.25) is 0 Å². The van der Waals surface area contributed by atoms with Crippen LogP contribution in [0.25, 0.3) is 0 Å². The van der Waals surface area contributed by atoms with E-state index >= 15 is 0 Å². The Balaban J connectivity index is 1.64. The molecule has 1 atom stereocenters. The molecule has 0 bridgehead atoms. The number of nitrogens with zero attached hydrogens (tertiary/aromatic N) is 5. The highest BCUT2D eigenvalue weighted by Crippen LogP contribution is 2.38. The molecule has 180 valence electrons. The number of hydrazone groups is 1. The van der Waals surface area contributed by atoms with Gasteiger partial charge in [-0.15, -0.1) is 0 Å². The lowest BCUT2D eigenvalue weighted by atomic mass is 9.87. The quantitative estimate of drug-likeness (QED) is 0.620. The lowest BCUT2D eigenvalue weighted by Crippen LogP contribution is -2.53. The van der Waals surface area contributed by atoms with Crippen molar-refractivity contribution in [1.82, 2.24) is 15.0 Å². The molecule has 11 heteroatoms. The molecule has 0 spiro atoms. The second-order valence-corrected chi connectivity index (χ2v) is 9.03. The number of aromatic nitrogens is 2. The average molecular weight is 471 g/mol. The topological polar surface area (TPSA) is 109 Å². The molecule has 0 saturated carbocycles. The Labute approximate surface area is 196 Å². The van der Waals surface area contributed by atoms with Crippen LogP contribution in [-0.4, -0.2) is 65.5 Å². The molecule has 1 N–H and O–H groups in total. The second-order valence-electron chi connectivity index (χ2n) is 9.03. The van der Waals surface area contributed by atoms with Gasteiger partial charge in [-0.1, -0.05) is 20.8 Å². The molecule has 0 aromatic carbocycles. The predicted octanol–water partition coefficient (Wildman–Crippen LogP) is 2.67. The van der Waals surface area contributed by atoms with E-state index in [1.807, 2.05) is 20.8 Å². The molecule has 2 amide bonds. The Morgan fingerprint density at radius 2 is 2.03 bits per heavy atom. The maximum atomic E-state index is 13.2. The van der Waals surface area contributed by atoms with Gasteiger partial charge in [-0.3, -0.25) is 9.59 Å². The first-order valence-corrected chi connectivity index (χ1v) is 10.9. The van der Waals surface area contributed by atoms with Crippen LogP contribution in [0.4, 0.5) is 16.0 Å². The van der Waals surface area contributed by atoms with Gasteiger partial charge in [0.2, 0.25) is 11.8 Å². The van der Waals surface area contributed by atoms with E-state index in [2.05, 4.69) is 20.4 Å². The number of carbonyl (C=O) groups is 2. The monoisotopic (exact) mass is 470 g/mol. The van der Waals surface area contributed by atoms with Gasteiger partial charge in [0.05, 0.1) is 18.4 Å². The van der Waals surface area contributed by atoms with E-state index in [9.17, 15) is 14.0 Å². The zero-order valence-electron chi connectivity index (χ0n) is 19.5. The SMILES string of the molecule is COCCOc1ccc2c(n1)N(CC(=O)Nc1ccc(F)cn1)C1CC(C(C)(C)C)=NN1C2=O. The van der Waals surface area contributed by atoms with Crippen molar-refractivity contribution in [1.29, 1.82) is 0 Å². The van der Waals surface area contributed by atoms with Gasteiger partial charge in [0.15, 0.2) is 0 Å². The van der Waals surface area contributed by atoms with Crippen LogP contribution in [0.3, 0.4) is 0 Å². The van der Waals surface area contributed by atoms with Crippen LogP contribution >= 0.6 is 0 Å². The van der Waals surface area contributed by atoms with Crippen molar-refractivity contribution in [3.05, 3.63) is 41.8 Å². The summed E-state index contributed by atoms with van der Waals surface area (Å²) in [5.41, 5.74) is 0.917. The minimum Gasteiger partial charge on any atom is -0.475 e.